The largest absolute Gasteiger partial charge is 0.379 e. The molecule has 2 aromatic rings. The number of sulfonamides is 1. The Labute approximate surface area is 194 Å². The summed E-state index contributed by atoms with van der Waals surface area (Å²) in [5.41, 5.74) is 15.3. The maximum absolute atomic E-state index is 13.4. The van der Waals surface area contributed by atoms with Crippen molar-refractivity contribution in [3.05, 3.63) is 41.2 Å². The van der Waals surface area contributed by atoms with Gasteiger partial charge in [-0.15, -0.1) is 5.10 Å². The highest BCUT2D eigenvalue weighted by molar-refractivity contribution is 7.89. The van der Waals surface area contributed by atoms with Crippen molar-refractivity contribution in [3.63, 3.8) is 0 Å². The first-order valence-electron chi connectivity index (χ1n) is 11.1. The van der Waals surface area contributed by atoms with Gasteiger partial charge in [0.05, 0.1) is 35.7 Å². The Hall–Kier alpha value is -2.89. The summed E-state index contributed by atoms with van der Waals surface area (Å²) in [4.78, 5) is 2.59. The molecule has 0 saturated carbocycles. The van der Waals surface area contributed by atoms with E-state index in [1.165, 1.54) is 4.31 Å². The molecule has 1 aromatic heterocycles. The third-order valence-corrected chi connectivity index (χ3v) is 7.98. The fourth-order valence-electron chi connectivity index (χ4n) is 4.45. The van der Waals surface area contributed by atoms with Gasteiger partial charge in [-0.2, -0.15) is 9.41 Å². The molecule has 2 fully saturated rings. The van der Waals surface area contributed by atoms with Crippen LogP contribution in [-0.2, 0) is 14.8 Å². The van der Waals surface area contributed by atoms with Gasteiger partial charge in [-0.25, -0.2) is 8.42 Å². The van der Waals surface area contributed by atoms with E-state index >= 15 is 0 Å². The number of aromatic nitrogens is 1. The van der Waals surface area contributed by atoms with Crippen LogP contribution in [0.4, 0.5) is 5.69 Å². The third-order valence-electron chi connectivity index (χ3n) is 6.08. The average Bonchev–Trinajstić information content (AvgIpc) is 3.42. The first-order valence-corrected chi connectivity index (χ1v) is 12.5. The van der Waals surface area contributed by atoms with Gasteiger partial charge in [-0.05, 0) is 51.0 Å². The van der Waals surface area contributed by atoms with Crippen molar-refractivity contribution in [1.29, 1.82) is 0 Å². The molecule has 4 N–H and O–H groups in total. The second-order valence-electron chi connectivity index (χ2n) is 8.29. The average molecular weight is 474 g/mol. The van der Waals surface area contributed by atoms with Crippen LogP contribution < -0.4 is 16.4 Å². The van der Waals surface area contributed by atoms with E-state index in [1.807, 2.05) is 26.0 Å². The highest BCUT2D eigenvalue weighted by Crippen LogP contribution is 2.34. The Bertz CT molecular complexity index is 1170. The number of benzene rings is 1. The van der Waals surface area contributed by atoms with Crippen LogP contribution in [0.1, 0.15) is 29.8 Å². The topological polar surface area (TPSA) is 132 Å². The summed E-state index contributed by atoms with van der Waals surface area (Å²) in [6.45, 7) is 7.39. The van der Waals surface area contributed by atoms with Gasteiger partial charge in [0.15, 0.2) is 0 Å². The zero-order chi connectivity index (χ0) is 23.6. The summed E-state index contributed by atoms with van der Waals surface area (Å²) in [5, 5.41) is 7.62. The van der Waals surface area contributed by atoms with Crippen LogP contribution >= 0.6 is 0 Å². The standard InChI is InChI=1S/C22H31N7O3S/c1-16-13-18(15-25-26-22(23)24)17(2)29(16)21-14-19(5-6-20(21)27-7-3-4-8-27)33(30,31)28-9-11-32-12-10-28/h5-6,13-15H,3-4,7-12H2,1-2H3,(H4,23,24,26)/b25-15+. The smallest absolute Gasteiger partial charge is 0.243 e. The molecule has 4 rings (SSSR count). The van der Waals surface area contributed by atoms with Crippen LogP contribution in [0, 0.1) is 13.8 Å². The predicted octanol–water partition coefficient (Wildman–Crippen LogP) is 1.32. The Morgan fingerprint density at radius 3 is 2.39 bits per heavy atom. The third kappa shape index (κ3) is 4.75. The quantitative estimate of drug-likeness (QED) is 0.370. The van der Waals surface area contributed by atoms with Gasteiger partial charge in [0.1, 0.15) is 0 Å². The summed E-state index contributed by atoms with van der Waals surface area (Å²) < 4.78 is 35.6. The minimum absolute atomic E-state index is 0.114. The maximum Gasteiger partial charge on any atom is 0.243 e. The van der Waals surface area contributed by atoms with Crippen LogP contribution in [-0.4, -0.2) is 68.9 Å². The van der Waals surface area contributed by atoms with Crippen molar-refractivity contribution in [3.8, 4) is 5.69 Å². The minimum Gasteiger partial charge on any atom is -0.379 e. The summed E-state index contributed by atoms with van der Waals surface area (Å²) in [6.07, 6.45) is 3.84. The normalized spacial score (nSPS) is 17.7. The predicted molar refractivity (Wildman–Crippen MR) is 130 cm³/mol. The SMILES string of the molecule is Cc1cc(/C=N/N=C(N)N)c(C)n1-c1cc(S(=O)(=O)N2CCOCC2)ccc1N1CCCC1. The van der Waals surface area contributed by atoms with Crippen molar-refractivity contribution in [2.24, 2.45) is 21.7 Å². The number of aryl methyl sites for hydroxylation is 1. The van der Waals surface area contributed by atoms with Crippen molar-refractivity contribution >= 4 is 27.9 Å². The molecule has 0 bridgehead atoms. The lowest BCUT2D eigenvalue weighted by Crippen LogP contribution is -2.40. The van der Waals surface area contributed by atoms with E-state index in [2.05, 4.69) is 19.7 Å². The van der Waals surface area contributed by atoms with Crippen molar-refractivity contribution < 1.29 is 13.2 Å². The van der Waals surface area contributed by atoms with Crippen LogP contribution in [0.2, 0.25) is 0 Å². The monoisotopic (exact) mass is 473 g/mol. The Balaban J connectivity index is 1.82. The summed E-state index contributed by atoms with van der Waals surface area (Å²) in [5.74, 6) is -0.114. The van der Waals surface area contributed by atoms with Gasteiger partial charge in [-0.1, -0.05) is 0 Å². The van der Waals surface area contributed by atoms with E-state index in [0.717, 1.165) is 54.3 Å². The number of ether oxygens (including phenoxy) is 1. The van der Waals surface area contributed by atoms with Crippen LogP contribution in [0.3, 0.4) is 0 Å². The van der Waals surface area contributed by atoms with Crippen molar-refractivity contribution in [2.75, 3.05) is 44.3 Å². The molecule has 0 unspecified atom stereocenters. The minimum atomic E-state index is -3.63. The van der Waals surface area contributed by atoms with Gasteiger partial charge in [-0.3, -0.25) is 0 Å². The fraction of sp³-hybridized carbons (Fsp3) is 0.455. The molecule has 0 atom stereocenters. The summed E-state index contributed by atoms with van der Waals surface area (Å²) >= 11 is 0. The highest BCUT2D eigenvalue weighted by Gasteiger charge is 2.28. The lowest BCUT2D eigenvalue weighted by atomic mass is 10.2. The molecule has 10 nitrogen and oxygen atoms in total. The molecular formula is C22H31N7O3S. The number of anilines is 1. The first-order chi connectivity index (χ1) is 15.8. The molecular weight excluding hydrogens is 442 g/mol. The van der Waals surface area contributed by atoms with E-state index in [1.54, 1.807) is 18.3 Å². The Morgan fingerprint density at radius 1 is 1.03 bits per heavy atom. The Morgan fingerprint density at radius 2 is 1.73 bits per heavy atom. The molecule has 0 radical (unpaired) electrons. The number of morpholine rings is 1. The van der Waals surface area contributed by atoms with E-state index in [4.69, 9.17) is 16.2 Å². The van der Waals surface area contributed by atoms with Crippen LogP contribution in [0.25, 0.3) is 5.69 Å². The van der Waals surface area contributed by atoms with Gasteiger partial charge < -0.3 is 25.7 Å². The van der Waals surface area contributed by atoms with Gasteiger partial charge in [0.25, 0.3) is 0 Å². The molecule has 0 amide bonds. The molecule has 0 aliphatic carbocycles. The second-order valence-corrected chi connectivity index (χ2v) is 10.2. The lowest BCUT2D eigenvalue weighted by Gasteiger charge is -2.28. The number of nitrogens with zero attached hydrogens (tertiary/aromatic N) is 5. The molecule has 0 spiro atoms. The number of hydrogen-bond acceptors (Lipinski definition) is 6. The Kier molecular flexibility index (Phi) is 6.73. The molecule has 2 saturated heterocycles. The summed E-state index contributed by atoms with van der Waals surface area (Å²) in [6, 6.07) is 7.42. The molecule has 178 valence electrons. The highest BCUT2D eigenvalue weighted by atomic mass is 32.2. The first kappa shape index (κ1) is 23.3. The number of nitrogens with two attached hydrogens (primary N) is 2. The van der Waals surface area contributed by atoms with E-state index < -0.39 is 10.0 Å². The van der Waals surface area contributed by atoms with E-state index in [-0.39, 0.29) is 10.9 Å². The van der Waals surface area contributed by atoms with Gasteiger partial charge in [0.2, 0.25) is 16.0 Å². The van der Waals surface area contributed by atoms with Gasteiger partial charge in [0, 0.05) is 43.1 Å². The molecule has 11 heteroatoms. The second kappa shape index (κ2) is 9.54. The maximum atomic E-state index is 13.4. The lowest BCUT2D eigenvalue weighted by molar-refractivity contribution is 0.0730. The number of hydrogen-bond donors (Lipinski definition) is 2. The molecule has 2 aliphatic rings. The molecule has 33 heavy (non-hydrogen) atoms. The zero-order valence-corrected chi connectivity index (χ0v) is 19.9. The van der Waals surface area contributed by atoms with E-state index in [0.29, 0.717) is 26.3 Å². The molecule has 1 aromatic carbocycles. The number of guanidine groups is 1. The van der Waals surface area contributed by atoms with E-state index in [9.17, 15) is 8.42 Å². The molecule has 3 heterocycles. The number of rotatable bonds is 6. The summed E-state index contributed by atoms with van der Waals surface area (Å²) in [7, 11) is -3.63. The van der Waals surface area contributed by atoms with Crippen molar-refractivity contribution in [2.45, 2.75) is 31.6 Å². The van der Waals surface area contributed by atoms with Gasteiger partial charge >= 0.3 is 0 Å². The zero-order valence-electron chi connectivity index (χ0n) is 19.1. The van der Waals surface area contributed by atoms with Crippen LogP contribution in [0.5, 0.6) is 0 Å². The fourth-order valence-corrected chi connectivity index (χ4v) is 5.88. The van der Waals surface area contributed by atoms with Crippen LogP contribution in [0.15, 0.2) is 39.4 Å². The molecule has 2 aliphatic heterocycles. The van der Waals surface area contributed by atoms with Crippen molar-refractivity contribution in [1.82, 2.24) is 8.87 Å².